The van der Waals surface area contributed by atoms with Crippen molar-refractivity contribution in [2.45, 2.75) is 69.5 Å². The van der Waals surface area contributed by atoms with Gasteiger partial charge < -0.3 is 29.9 Å². The van der Waals surface area contributed by atoms with E-state index in [1.165, 1.54) is 5.56 Å². The summed E-state index contributed by atoms with van der Waals surface area (Å²) in [5.74, 6) is 0.536. The Morgan fingerprint density at radius 1 is 1.03 bits per heavy atom. The minimum Gasteiger partial charge on any atom is -0.492 e. The number of rotatable bonds is 5. The molecule has 2 aliphatic heterocycles. The molecular formula is C25H31ClO6. The van der Waals surface area contributed by atoms with Gasteiger partial charge in [-0.15, -0.1) is 0 Å². The maximum Gasteiger partial charge on any atom is 0.130 e. The van der Waals surface area contributed by atoms with Gasteiger partial charge in [-0.2, -0.15) is 0 Å². The van der Waals surface area contributed by atoms with Crippen molar-refractivity contribution in [1.82, 2.24) is 0 Å². The molecule has 2 aromatic rings. The lowest BCUT2D eigenvalue weighted by molar-refractivity contribution is -0.232. The number of fused-ring (bicyclic) bond motifs is 1. The highest BCUT2D eigenvalue weighted by atomic mass is 35.5. The fourth-order valence-corrected chi connectivity index (χ4v) is 5.08. The van der Waals surface area contributed by atoms with Crippen molar-refractivity contribution in [2.24, 2.45) is 0 Å². The number of halogens is 1. The van der Waals surface area contributed by atoms with Crippen LogP contribution in [0.1, 0.15) is 54.7 Å². The van der Waals surface area contributed by atoms with Gasteiger partial charge in [-0.1, -0.05) is 56.6 Å². The molecule has 0 spiro atoms. The normalized spacial score (nSPS) is 28.9. The Morgan fingerprint density at radius 3 is 2.31 bits per heavy atom. The molecule has 5 atom stereocenters. The van der Waals surface area contributed by atoms with E-state index in [-0.39, 0.29) is 5.41 Å². The predicted octanol–water partition coefficient (Wildman–Crippen LogP) is 2.68. The van der Waals surface area contributed by atoms with E-state index in [9.17, 15) is 20.4 Å². The average Bonchev–Trinajstić information content (AvgIpc) is 3.10. The third-order valence-corrected chi connectivity index (χ3v) is 7.03. The van der Waals surface area contributed by atoms with Crippen LogP contribution in [0, 0.1) is 0 Å². The first-order valence-corrected chi connectivity index (χ1v) is 11.4. The lowest BCUT2D eigenvalue weighted by atomic mass is 9.82. The number of aryl methyl sites for hydroxylation is 1. The molecular weight excluding hydrogens is 432 g/mol. The average molecular weight is 463 g/mol. The Morgan fingerprint density at radius 2 is 1.69 bits per heavy atom. The summed E-state index contributed by atoms with van der Waals surface area (Å²) >= 11 is 6.89. The first-order chi connectivity index (χ1) is 15.2. The number of aliphatic hydroxyl groups excluding tert-OH is 4. The molecule has 1 fully saturated rings. The van der Waals surface area contributed by atoms with Crippen molar-refractivity contribution in [2.75, 3.05) is 13.2 Å². The van der Waals surface area contributed by atoms with Crippen LogP contribution in [0.25, 0.3) is 0 Å². The van der Waals surface area contributed by atoms with Crippen LogP contribution in [0.15, 0.2) is 30.3 Å². The summed E-state index contributed by atoms with van der Waals surface area (Å²) in [6.07, 6.45) is -4.70. The van der Waals surface area contributed by atoms with Gasteiger partial charge in [0.15, 0.2) is 0 Å². The van der Waals surface area contributed by atoms with Crippen LogP contribution < -0.4 is 4.74 Å². The highest BCUT2D eigenvalue weighted by Gasteiger charge is 2.47. The molecule has 0 saturated carbocycles. The standard InChI is InChI=1S/C25H31ClO6/c1-4-13-5-7-14(8-6-13)9-15-10-16(23-18(19(15)26)25(2,3)12-31-23)24-22(30)21(29)20(28)17(11-27)32-24/h5-8,10,17,20-22,24,27-30H,4,9,11-12H2,1-3H3. The van der Waals surface area contributed by atoms with E-state index < -0.39 is 37.1 Å². The number of ether oxygens (including phenoxy) is 2. The van der Waals surface area contributed by atoms with E-state index in [0.717, 1.165) is 23.1 Å². The van der Waals surface area contributed by atoms with Crippen LogP contribution in [0.3, 0.4) is 0 Å². The second kappa shape index (κ2) is 8.93. The van der Waals surface area contributed by atoms with E-state index in [4.69, 9.17) is 21.1 Å². The van der Waals surface area contributed by atoms with Crippen molar-refractivity contribution in [3.63, 3.8) is 0 Å². The summed E-state index contributed by atoms with van der Waals surface area (Å²) < 4.78 is 11.9. The topological polar surface area (TPSA) is 99.4 Å². The van der Waals surface area contributed by atoms with Gasteiger partial charge in [0.25, 0.3) is 0 Å². The van der Waals surface area contributed by atoms with E-state index >= 15 is 0 Å². The molecule has 2 aliphatic rings. The number of hydrogen-bond acceptors (Lipinski definition) is 6. The van der Waals surface area contributed by atoms with Gasteiger partial charge in [-0.25, -0.2) is 0 Å². The second-order valence-electron chi connectivity index (χ2n) is 9.41. The molecule has 4 rings (SSSR count). The third-order valence-electron chi connectivity index (χ3n) is 6.60. The van der Waals surface area contributed by atoms with Crippen molar-refractivity contribution in [1.29, 1.82) is 0 Å². The number of benzene rings is 2. The van der Waals surface area contributed by atoms with Crippen molar-refractivity contribution in [3.05, 3.63) is 63.2 Å². The zero-order valence-electron chi connectivity index (χ0n) is 18.6. The van der Waals surface area contributed by atoms with Crippen LogP contribution in [0.2, 0.25) is 5.02 Å². The predicted molar refractivity (Wildman–Crippen MR) is 121 cm³/mol. The lowest BCUT2D eigenvalue weighted by Crippen LogP contribution is -2.55. The van der Waals surface area contributed by atoms with Crippen LogP contribution in [0.5, 0.6) is 5.75 Å². The Bertz CT molecular complexity index is 971. The molecule has 4 N–H and O–H groups in total. The Labute approximate surface area is 193 Å². The number of aliphatic hydroxyl groups is 4. The first-order valence-electron chi connectivity index (χ1n) is 11.0. The van der Waals surface area contributed by atoms with Crippen molar-refractivity contribution in [3.8, 4) is 5.75 Å². The van der Waals surface area contributed by atoms with Crippen LogP contribution in [-0.2, 0) is 23.0 Å². The maximum absolute atomic E-state index is 10.7. The van der Waals surface area contributed by atoms with Crippen molar-refractivity contribution < 1.29 is 29.9 Å². The van der Waals surface area contributed by atoms with Crippen molar-refractivity contribution >= 4 is 11.6 Å². The Balaban J connectivity index is 1.80. The van der Waals surface area contributed by atoms with Gasteiger partial charge in [0, 0.05) is 16.5 Å². The van der Waals surface area contributed by atoms with E-state index in [0.29, 0.717) is 29.4 Å². The maximum atomic E-state index is 10.7. The van der Waals surface area contributed by atoms with Gasteiger partial charge in [0.2, 0.25) is 0 Å². The molecule has 6 nitrogen and oxygen atoms in total. The molecule has 5 unspecified atom stereocenters. The van der Waals surface area contributed by atoms with E-state index in [1.54, 1.807) is 0 Å². The molecule has 0 amide bonds. The Kier molecular flexibility index (Phi) is 6.56. The van der Waals surface area contributed by atoms with Crippen LogP contribution in [0.4, 0.5) is 0 Å². The Hall–Kier alpha value is -1.67. The van der Waals surface area contributed by atoms with E-state index in [1.807, 2.05) is 19.9 Å². The molecule has 32 heavy (non-hydrogen) atoms. The minimum atomic E-state index is -1.46. The minimum absolute atomic E-state index is 0.350. The van der Waals surface area contributed by atoms with Gasteiger partial charge in [0.05, 0.1) is 18.2 Å². The summed E-state index contributed by atoms with van der Waals surface area (Å²) in [4.78, 5) is 0. The lowest BCUT2D eigenvalue weighted by Gasteiger charge is -2.40. The quantitative estimate of drug-likeness (QED) is 0.545. The second-order valence-corrected chi connectivity index (χ2v) is 9.79. The third kappa shape index (κ3) is 4.04. The highest BCUT2D eigenvalue weighted by Crippen LogP contribution is 2.50. The fourth-order valence-electron chi connectivity index (χ4n) is 4.62. The zero-order valence-corrected chi connectivity index (χ0v) is 19.3. The molecule has 0 radical (unpaired) electrons. The largest absolute Gasteiger partial charge is 0.492 e. The summed E-state index contributed by atoms with van der Waals surface area (Å²) in [6.45, 7) is 6.13. The fraction of sp³-hybridized carbons (Fsp3) is 0.520. The molecule has 2 aromatic carbocycles. The van der Waals surface area contributed by atoms with Gasteiger partial charge in [-0.3, -0.25) is 0 Å². The smallest absolute Gasteiger partial charge is 0.130 e. The first kappa shape index (κ1) is 23.5. The van der Waals surface area contributed by atoms with Gasteiger partial charge in [0.1, 0.15) is 36.3 Å². The molecule has 1 saturated heterocycles. The SMILES string of the molecule is CCc1ccc(Cc2cc(C3OC(CO)C(O)C(O)C3O)c3c(c2Cl)C(C)(C)CO3)cc1. The number of hydrogen-bond donors (Lipinski definition) is 4. The van der Waals surface area contributed by atoms with Crippen LogP contribution >= 0.6 is 11.6 Å². The monoisotopic (exact) mass is 462 g/mol. The molecule has 174 valence electrons. The molecule has 0 aromatic heterocycles. The molecule has 0 aliphatic carbocycles. The van der Waals surface area contributed by atoms with Gasteiger partial charge in [-0.05, 0) is 35.6 Å². The summed E-state index contributed by atoms with van der Waals surface area (Å²) in [5.41, 5.74) is 4.27. The summed E-state index contributed by atoms with van der Waals surface area (Å²) in [5, 5.41) is 41.5. The highest BCUT2D eigenvalue weighted by molar-refractivity contribution is 6.32. The zero-order chi connectivity index (χ0) is 23.2. The molecule has 7 heteroatoms. The summed E-state index contributed by atoms with van der Waals surface area (Å²) in [7, 11) is 0. The van der Waals surface area contributed by atoms with Gasteiger partial charge >= 0.3 is 0 Å². The molecule has 2 heterocycles. The molecule has 0 bridgehead atoms. The van der Waals surface area contributed by atoms with E-state index in [2.05, 4.69) is 31.2 Å². The summed E-state index contributed by atoms with van der Waals surface area (Å²) in [6, 6.07) is 10.2. The van der Waals surface area contributed by atoms with Crippen LogP contribution in [-0.4, -0.2) is 58.1 Å².